The number of rotatable bonds is 8. The number of benzene rings is 2. The first kappa shape index (κ1) is 19.1. The van der Waals surface area contributed by atoms with Crippen molar-refractivity contribution in [2.75, 3.05) is 32.2 Å². The molecule has 0 aliphatic heterocycles. The van der Waals surface area contributed by atoms with E-state index in [9.17, 15) is 4.79 Å². The highest BCUT2D eigenvalue weighted by molar-refractivity contribution is 6.32. The fraction of sp³-hybridized carbons (Fsp3) is 0.316. The first-order valence-electron chi connectivity index (χ1n) is 7.91. The third-order valence-electron chi connectivity index (χ3n) is 3.45. The van der Waals surface area contributed by atoms with Crippen molar-refractivity contribution in [3.63, 3.8) is 0 Å². The average molecular weight is 364 g/mol. The van der Waals surface area contributed by atoms with Crippen molar-refractivity contribution in [2.24, 2.45) is 0 Å². The summed E-state index contributed by atoms with van der Waals surface area (Å²) in [6.45, 7) is 4.67. The Bertz CT molecular complexity index is 710. The number of halogens is 1. The minimum Gasteiger partial charge on any atom is -0.491 e. The van der Waals surface area contributed by atoms with Gasteiger partial charge in [-0.3, -0.25) is 4.79 Å². The molecule has 0 aliphatic rings. The second-order valence-electron chi connectivity index (χ2n) is 5.58. The Hall–Kier alpha value is -2.24. The quantitative estimate of drug-likeness (QED) is 0.720. The summed E-state index contributed by atoms with van der Waals surface area (Å²) in [5.74, 6) is 1.03. The Morgan fingerprint density at radius 1 is 1.04 bits per heavy atom. The van der Waals surface area contributed by atoms with Crippen molar-refractivity contribution in [2.45, 2.75) is 13.8 Å². The third-order valence-corrected chi connectivity index (χ3v) is 4.05. The molecular formula is C19H22ClNO4. The largest absolute Gasteiger partial charge is 0.491 e. The van der Waals surface area contributed by atoms with Crippen LogP contribution in [0.2, 0.25) is 5.02 Å². The zero-order valence-electron chi connectivity index (χ0n) is 14.6. The summed E-state index contributed by atoms with van der Waals surface area (Å²) in [5.41, 5.74) is 2.47. The lowest BCUT2D eigenvalue weighted by Gasteiger charge is -2.11. The van der Waals surface area contributed by atoms with Crippen molar-refractivity contribution >= 4 is 23.2 Å². The number of aryl methyl sites for hydroxylation is 2. The van der Waals surface area contributed by atoms with Crippen LogP contribution in [0.4, 0.5) is 5.69 Å². The van der Waals surface area contributed by atoms with Gasteiger partial charge in [0.2, 0.25) is 0 Å². The second kappa shape index (κ2) is 9.30. The fourth-order valence-electron chi connectivity index (χ4n) is 2.24. The maximum Gasteiger partial charge on any atom is 0.262 e. The molecular weight excluding hydrogens is 342 g/mol. The maximum absolute atomic E-state index is 12.1. The minimum absolute atomic E-state index is 0.0880. The van der Waals surface area contributed by atoms with Crippen LogP contribution in [0.3, 0.4) is 0 Å². The molecule has 0 aromatic heterocycles. The van der Waals surface area contributed by atoms with E-state index in [0.717, 1.165) is 11.1 Å². The summed E-state index contributed by atoms with van der Waals surface area (Å²) >= 11 is 6.13. The van der Waals surface area contributed by atoms with Crippen molar-refractivity contribution in [1.29, 1.82) is 0 Å². The molecule has 1 amide bonds. The first-order valence-corrected chi connectivity index (χ1v) is 8.28. The van der Waals surface area contributed by atoms with Gasteiger partial charge in [0.05, 0.1) is 6.61 Å². The van der Waals surface area contributed by atoms with E-state index < -0.39 is 0 Å². The highest BCUT2D eigenvalue weighted by atomic mass is 35.5. The van der Waals surface area contributed by atoms with Gasteiger partial charge in [-0.05, 0) is 49.2 Å². The highest BCUT2D eigenvalue weighted by Gasteiger charge is 2.07. The van der Waals surface area contributed by atoms with Gasteiger partial charge in [-0.25, -0.2) is 0 Å². The van der Waals surface area contributed by atoms with E-state index in [-0.39, 0.29) is 12.5 Å². The second-order valence-corrected chi connectivity index (χ2v) is 5.95. The molecule has 0 fully saturated rings. The lowest BCUT2D eigenvalue weighted by molar-refractivity contribution is -0.118. The molecule has 2 aromatic rings. The van der Waals surface area contributed by atoms with Crippen LogP contribution in [0.25, 0.3) is 0 Å². The molecule has 0 atom stereocenters. The predicted molar refractivity (Wildman–Crippen MR) is 98.9 cm³/mol. The molecule has 0 bridgehead atoms. The molecule has 2 rings (SSSR count). The van der Waals surface area contributed by atoms with Gasteiger partial charge in [0.1, 0.15) is 18.1 Å². The number of carbonyl (C=O) groups excluding carboxylic acids is 1. The zero-order chi connectivity index (χ0) is 18.2. The molecule has 2 aromatic carbocycles. The summed E-state index contributed by atoms with van der Waals surface area (Å²) < 4.78 is 16.0. The fourth-order valence-corrected chi connectivity index (χ4v) is 2.35. The van der Waals surface area contributed by atoms with Crippen LogP contribution in [-0.4, -0.2) is 32.8 Å². The lowest BCUT2D eigenvalue weighted by Crippen LogP contribution is -2.20. The standard InChI is InChI=1S/C19H22ClNO4/c1-13-9-17(10-14(2)19(13)20)25-12-18(22)21-15-5-4-6-16(11-15)24-8-7-23-3/h4-6,9-11H,7-8,12H2,1-3H3,(H,21,22). The average Bonchev–Trinajstić information content (AvgIpc) is 2.58. The van der Waals surface area contributed by atoms with E-state index in [4.69, 9.17) is 25.8 Å². The van der Waals surface area contributed by atoms with Crippen LogP contribution >= 0.6 is 11.6 Å². The Morgan fingerprint density at radius 3 is 2.44 bits per heavy atom. The van der Waals surface area contributed by atoms with Crippen LogP contribution < -0.4 is 14.8 Å². The van der Waals surface area contributed by atoms with Crippen LogP contribution in [0.1, 0.15) is 11.1 Å². The summed E-state index contributed by atoms with van der Waals surface area (Å²) in [6.07, 6.45) is 0. The predicted octanol–water partition coefficient (Wildman–Crippen LogP) is 4.00. The molecule has 0 unspecified atom stereocenters. The van der Waals surface area contributed by atoms with E-state index >= 15 is 0 Å². The molecule has 0 saturated carbocycles. The normalized spacial score (nSPS) is 10.4. The summed E-state index contributed by atoms with van der Waals surface area (Å²) in [4.78, 5) is 12.1. The van der Waals surface area contributed by atoms with Crippen molar-refractivity contribution < 1.29 is 19.0 Å². The minimum atomic E-state index is -0.251. The Labute approximate surface area is 152 Å². The van der Waals surface area contributed by atoms with E-state index in [0.29, 0.717) is 35.4 Å². The van der Waals surface area contributed by atoms with Crippen molar-refractivity contribution in [3.05, 3.63) is 52.5 Å². The maximum atomic E-state index is 12.1. The topological polar surface area (TPSA) is 56.8 Å². The number of amides is 1. The molecule has 25 heavy (non-hydrogen) atoms. The number of ether oxygens (including phenoxy) is 3. The van der Waals surface area contributed by atoms with Gasteiger partial charge in [-0.2, -0.15) is 0 Å². The van der Waals surface area contributed by atoms with E-state index in [1.165, 1.54) is 0 Å². The van der Waals surface area contributed by atoms with Gasteiger partial charge >= 0.3 is 0 Å². The molecule has 5 nitrogen and oxygen atoms in total. The smallest absolute Gasteiger partial charge is 0.262 e. The van der Waals surface area contributed by atoms with E-state index in [1.54, 1.807) is 19.2 Å². The number of anilines is 1. The number of methoxy groups -OCH3 is 1. The van der Waals surface area contributed by atoms with Crippen LogP contribution in [0, 0.1) is 13.8 Å². The van der Waals surface area contributed by atoms with Gasteiger partial charge in [0.15, 0.2) is 6.61 Å². The van der Waals surface area contributed by atoms with Gasteiger partial charge in [-0.15, -0.1) is 0 Å². The molecule has 0 radical (unpaired) electrons. The van der Waals surface area contributed by atoms with Gasteiger partial charge in [0.25, 0.3) is 5.91 Å². The summed E-state index contributed by atoms with van der Waals surface area (Å²) in [6, 6.07) is 10.8. The van der Waals surface area contributed by atoms with Gasteiger partial charge in [0, 0.05) is 23.9 Å². The molecule has 0 heterocycles. The monoisotopic (exact) mass is 363 g/mol. The lowest BCUT2D eigenvalue weighted by atomic mass is 10.1. The molecule has 0 aliphatic carbocycles. The van der Waals surface area contributed by atoms with Crippen molar-refractivity contribution in [3.8, 4) is 11.5 Å². The Balaban J connectivity index is 1.89. The molecule has 0 saturated heterocycles. The zero-order valence-corrected chi connectivity index (χ0v) is 15.4. The third kappa shape index (κ3) is 5.96. The van der Waals surface area contributed by atoms with Crippen LogP contribution in [0.15, 0.2) is 36.4 Å². The van der Waals surface area contributed by atoms with Gasteiger partial charge < -0.3 is 19.5 Å². The Morgan fingerprint density at radius 2 is 1.76 bits per heavy atom. The molecule has 0 spiro atoms. The SMILES string of the molecule is COCCOc1cccc(NC(=O)COc2cc(C)c(Cl)c(C)c2)c1. The van der Waals surface area contributed by atoms with Crippen LogP contribution in [0.5, 0.6) is 11.5 Å². The van der Waals surface area contributed by atoms with E-state index in [1.807, 2.05) is 38.1 Å². The molecule has 6 heteroatoms. The van der Waals surface area contributed by atoms with E-state index in [2.05, 4.69) is 5.32 Å². The number of hydrogen-bond acceptors (Lipinski definition) is 4. The first-order chi connectivity index (χ1) is 12.0. The summed E-state index contributed by atoms with van der Waals surface area (Å²) in [7, 11) is 1.61. The summed E-state index contributed by atoms with van der Waals surface area (Å²) in [5, 5.41) is 3.49. The number of hydrogen-bond donors (Lipinski definition) is 1. The Kier molecular flexibility index (Phi) is 7.10. The molecule has 134 valence electrons. The number of nitrogens with one attached hydrogen (secondary N) is 1. The molecule has 1 N–H and O–H groups in total. The van der Waals surface area contributed by atoms with Crippen molar-refractivity contribution in [1.82, 2.24) is 0 Å². The highest BCUT2D eigenvalue weighted by Crippen LogP contribution is 2.25. The number of carbonyl (C=O) groups is 1. The van der Waals surface area contributed by atoms with Gasteiger partial charge in [-0.1, -0.05) is 17.7 Å². The van der Waals surface area contributed by atoms with Crippen LogP contribution in [-0.2, 0) is 9.53 Å².